The molecule has 1 aromatic carbocycles. The second-order valence-electron chi connectivity index (χ2n) is 6.60. The van der Waals surface area contributed by atoms with E-state index >= 15 is 0 Å². The lowest BCUT2D eigenvalue weighted by atomic mass is 9.93. The van der Waals surface area contributed by atoms with E-state index in [4.69, 9.17) is 0 Å². The highest BCUT2D eigenvalue weighted by molar-refractivity contribution is 5.56. The van der Waals surface area contributed by atoms with Crippen LogP contribution in [0.2, 0.25) is 0 Å². The molecule has 1 fully saturated rings. The van der Waals surface area contributed by atoms with Gasteiger partial charge in [-0.2, -0.15) is 0 Å². The van der Waals surface area contributed by atoms with Crippen molar-refractivity contribution in [3.63, 3.8) is 0 Å². The van der Waals surface area contributed by atoms with Gasteiger partial charge in [0.15, 0.2) is 0 Å². The predicted molar refractivity (Wildman–Crippen MR) is 76.9 cm³/mol. The summed E-state index contributed by atoms with van der Waals surface area (Å²) in [5.74, 6) is 0. The molecular formula is C16H24N2. The molecular weight excluding hydrogens is 220 g/mol. The number of benzene rings is 1. The van der Waals surface area contributed by atoms with Crippen molar-refractivity contribution in [3.05, 3.63) is 29.3 Å². The van der Waals surface area contributed by atoms with Crippen LogP contribution in [0, 0.1) is 5.41 Å². The van der Waals surface area contributed by atoms with Crippen LogP contribution in [-0.4, -0.2) is 24.5 Å². The first-order valence-corrected chi connectivity index (χ1v) is 7.21. The van der Waals surface area contributed by atoms with E-state index in [1.165, 1.54) is 43.6 Å². The molecule has 2 heteroatoms. The Morgan fingerprint density at radius 3 is 3.00 bits per heavy atom. The minimum absolute atomic E-state index is 0.507. The third-order valence-corrected chi connectivity index (χ3v) is 4.34. The molecule has 0 bridgehead atoms. The van der Waals surface area contributed by atoms with Crippen LogP contribution in [0.15, 0.2) is 18.2 Å². The summed E-state index contributed by atoms with van der Waals surface area (Å²) in [6.07, 6.45) is 3.85. The average Bonchev–Trinajstić information content (AvgIpc) is 2.69. The van der Waals surface area contributed by atoms with Gasteiger partial charge in [-0.1, -0.05) is 26.0 Å². The van der Waals surface area contributed by atoms with Crippen molar-refractivity contribution < 1.29 is 0 Å². The van der Waals surface area contributed by atoms with Crippen LogP contribution in [0.25, 0.3) is 0 Å². The van der Waals surface area contributed by atoms with Gasteiger partial charge in [-0.15, -0.1) is 0 Å². The van der Waals surface area contributed by atoms with Crippen LogP contribution in [0.4, 0.5) is 5.69 Å². The molecule has 18 heavy (non-hydrogen) atoms. The highest BCUT2D eigenvalue weighted by Crippen LogP contribution is 2.32. The number of nitrogens with zero attached hydrogens (tertiary/aromatic N) is 1. The summed E-state index contributed by atoms with van der Waals surface area (Å²) in [6, 6.07) is 6.75. The molecule has 1 aromatic rings. The second-order valence-corrected chi connectivity index (χ2v) is 6.60. The Bertz CT molecular complexity index is 437. The van der Waals surface area contributed by atoms with E-state index in [1.807, 2.05) is 0 Å². The van der Waals surface area contributed by atoms with Gasteiger partial charge in [-0.3, -0.25) is 4.90 Å². The maximum atomic E-state index is 3.53. The molecule has 0 atom stereocenters. The topological polar surface area (TPSA) is 15.3 Å². The fourth-order valence-corrected chi connectivity index (χ4v) is 3.33. The zero-order chi connectivity index (χ0) is 12.6. The van der Waals surface area contributed by atoms with Gasteiger partial charge in [-0.25, -0.2) is 0 Å². The van der Waals surface area contributed by atoms with Crippen molar-refractivity contribution in [1.29, 1.82) is 0 Å². The lowest BCUT2D eigenvalue weighted by molar-refractivity contribution is 0.283. The van der Waals surface area contributed by atoms with Crippen molar-refractivity contribution in [2.45, 2.75) is 39.7 Å². The Morgan fingerprint density at radius 2 is 2.22 bits per heavy atom. The lowest BCUT2D eigenvalue weighted by Crippen LogP contribution is -2.24. The minimum atomic E-state index is 0.507. The Kier molecular flexibility index (Phi) is 3.06. The molecule has 2 aliphatic heterocycles. The molecule has 1 N–H and O–H groups in total. The van der Waals surface area contributed by atoms with E-state index in [1.54, 1.807) is 5.56 Å². The number of anilines is 1. The highest BCUT2D eigenvalue weighted by atomic mass is 15.1. The van der Waals surface area contributed by atoms with Gasteiger partial charge < -0.3 is 5.32 Å². The van der Waals surface area contributed by atoms with Crippen LogP contribution < -0.4 is 5.32 Å². The first-order chi connectivity index (χ1) is 8.64. The number of hydrogen-bond acceptors (Lipinski definition) is 2. The quantitative estimate of drug-likeness (QED) is 0.859. The van der Waals surface area contributed by atoms with Crippen LogP contribution >= 0.6 is 0 Å². The molecule has 3 rings (SSSR count). The molecule has 0 saturated carbocycles. The summed E-state index contributed by atoms with van der Waals surface area (Å²) in [5, 5.41) is 3.53. The van der Waals surface area contributed by atoms with E-state index in [2.05, 4.69) is 42.3 Å². The summed E-state index contributed by atoms with van der Waals surface area (Å²) < 4.78 is 0. The van der Waals surface area contributed by atoms with Gasteiger partial charge in [-0.05, 0) is 48.4 Å². The van der Waals surface area contributed by atoms with E-state index in [0.717, 1.165) is 13.1 Å². The van der Waals surface area contributed by atoms with Crippen molar-refractivity contribution in [3.8, 4) is 0 Å². The van der Waals surface area contributed by atoms with Crippen molar-refractivity contribution in [2.24, 2.45) is 5.41 Å². The molecule has 0 radical (unpaired) electrons. The second kappa shape index (κ2) is 4.58. The molecule has 0 unspecified atom stereocenters. The maximum Gasteiger partial charge on any atom is 0.0375 e. The Balaban J connectivity index is 1.77. The predicted octanol–water partition coefficient (Wildman–Crippen LogP) is 3.28. The van der Waals surface area contributed by atoms with Crippen LogP contribution in [0.1, 0.15) is 37.8 Å². The van der Waals surface area contributed by atoms with Crippen molar-refractivity contribution >= 4 is 5.69 Å². The molecule has 0 amide bonds. The summed E-state index contributed by atoms with van der Waals surface area (Å²) in [5.41, 5.74) is 4.98. The van der Waals surface area contributed by atoms with Crippen LogP contribution in [0.3, 0.4) is 0 Å². The van der Waals surface area contributed by atoms with E-state index in [-0.39, 0.29) is 0 Å². The number of nitrogens with one attached hydrogen (secondary N) is 1. The zero-order valence-electron chi connectivity index (χ0n) is 11.6. The molecule has 2 aliphatic rings. The monoisotopic (exact) mass is 244 g/mol. The fourth-order valence-electron chi connectivity index (χ4n) is 3.33. The standard InChI is InChI=1S/C16H24N2/c1-16(2)8-10-18(12-16)11-13-5-3-7-15-14(13)6-4-9-17-15/h3,5,7,17H,4,6,8-12H2,1-2H3. The molecule has 0 aromatic heterocycles. The number of hydrogen-bond donors (Lipinski definition) is 1. The summed E-state index contributed by atoms with van der Waals surface area (Å²) in [4.78, 5) is 2.62. The average molecular weight is 244 g/mol. The normalized spacial score (nSPS) is 22.6. The van der Waals surface area contributed by atoms with Gasteiger partial charge >= 0.3 is 0 Å². The first kappa shape index (κ1) is 12.0. The number of likely N-dealkylation sites (tertiary alicyclic amines) is 1. The summed E-state index contributed by atoms with van der Waals surface area (Å²) in [6.45, 7) is 9.53. The Hall–Kier alpha value is -1.02. The molecule has 0 aliphatic carbocycles. The van der Waals surface area contributed by atoms with Gasteiger partial charge in [0.25, 0.3) is 0 Å². The molecule has 2 heterocycles. The summed E-state index contributed by atoms with van der Waals surface area (Å²) >= 11 is 0. The van der Waals surface area contributed by atoms with E-state index < -0.39 is 0 Å². The minimum Gasteiger partial charge on any atom is -0.385 e. The van der Waals surface area contributed by atoms with E-state index in [9.17, 15) is 0 Å². The number of fused-ring (bicyclic) bond motifs is 1. The SMILES string of the molecule is CC1(C)CCN(Cc2cccc3c2CCCN3)C1. The maximum absolute atomic E-state index is 3.53. The first-order valence-electron chi connectivity index (χ1n) is 7.21. The van der Waals surface area contributed by atoms with Crippen molar-refractivity contribution in [1.82, 2.24) is 4.90 Å². The van der Waals surface area contributed by atoms with Gasteiger partial charge in [0.1, 0.15) is 0 Å². The van der Waals surface area contributed by atoms with E-state index in [0.29, 0.717) is 5.41 Å². The smallest absolute Gasteiger partial charge is 0.0375 e. The fraction of sp³-hybridized carbons (Fsp3) is 0.625. The third kappa shape index (κ3) is 2.39. The summed E-state index contributed by atoms with van der Waals surface area (Å²) in [7, 11) is 0. The lowest BCUT2D eigenvalue weighted by Gasteiger charge is -2.24. The number of rotatable bonds is 2. The molecule has 1 saturated heterocycles. The van der Waals surface area contributed by atoms with Gasteiger partial charge in [0, 0.05) is 25.3 Å². The Morgan fingerprint density at radius 1 is 1.33 bits per heavy atom. The van der Waals surface area contributed by atoms with Crippen LogP contribution in [0.5, 0.6) is 0 Å². The third-order valence-electron chi connectivity index (χ3n) is 4.34. The molecule has 2 nitrogen and oxygen atoms in total. The van der Waals surface area contributed by atoms with Gasteiger partial charge in [0.05, 0.1) is 0 Å². The largest absolute Gasteiger partial charge is 0.385 e. The molecule has 98 valence electrons. The van der Waals surface area contributed by atoms with Crippen molar-refractivity contribution in [2.75, 3.05) is 25.0 Å². The van der Waals surface area contributed by atoms with Gasteiger partial charge in [0.2, 0.25) is 0 Å². The highest BCUT2D eigenvalue weighted by Gasteiger charge is 2.29. The Labute approximate surface area is 110 Å². The molecule has 0 spiro atoms. The van der Waals surface area contributed by atoms with Crippen LogP contribution in [-0.2, 0) is 13.0 Å². The zero-order valence-corrected chi connectivity index (χ0v) is 11.6.